The van der Waals surface area contributed by atoms with Gasteiger partial charge in [-0.25, -0.2) is 0 Å². The highest BCUT2D eigenvalue weighted by Crippen LogP contribution is 2.47. The summed E-state index contributed by atoms with van der Waals surface area (Å²) in [4.78, 5) is 12.6. The lowest BCUT2D eigenvalue weighted by Gasteiger charge is -2.31. The molecule has 3 rings (SSSR count). The molecule has 4 unspecified atom stereocenters. The highest BCUT2D eigenvalue weighted by molar-refractivity contribution is 5.85. The molecule has 4 heteroatoms. The second-order valence-corrected chi connectivity index (χ2v) is 7.85. The molecule has 2 saturated carbocycles. The molecule has 0 radical (unpaired) electrons. The van der Waals surface area contributed by atoms with Crippen LogP contribution in [0.25, 0.3) is 0 Å². The second kappa shape index (κ2) is 6.82. The first kappa shape index (κ1) is 18.3. The molecule has 2 fully saturated rings. The van der Waals surface area contributed by atoms with Crippen molar-refractivity contribution in [1.29, 1.82) is 0 Å². The van der Waals surface area contributed by atoms with Crippen LogP contribution in [0, 0.1) is 24.7 Å². The van der Waals surface area contributed by atoms with Gasteiger partial charge in [-0.2, -0.15) is 0 Å². The summed E-state index contributed by atoms with van der Waals surface area (Å²) in [6, 6.07) is 8.48. The van der Waals surface area contributed by atoms with Crippen molar-refractivity contribution in [2.24, 2.45) is 23.5 Å². The van der Waals surface area contributed by atoms with Crippen molar-refractivity contribution in [1.82, 2.24) is 5.32 Å². The Morgan fingerprint density at radius 1 is 1.26 bits per heavy atom. The van der Waals surface area contributed by atoms with E-state index in [1.165, 1.54) is 24.0 Å². The monoisotopic (exact) mass is 336 g/mol. The molecule has 1 aromatic carbocycles. The summed E-state index contributed by atoms with van der Waals surface area (Å²) < 4.78 is 0. The maximum Gasteiger partial charge on any atom is 0.224 e. The van der Waals surface area contributed by atoms with Gasteiger partial charge in [0, 0.05) is 18.0 Å². The lowest BCUT2D eigenvalue weighted by molar-refractivity contribution is -0.127. The number of rotatable bonds is 4. The third kappa shape index (κ3) is 3.41. The van der Waals surface area contributed by atoms with E-state index in [9.17, 15) is 4.79 Å². The first-order chi connectivity index (χ1) is 10.4. The van der Waals surface area contributed by atoms with Gasteiger partial charge in [0.05, 0.1) is 5.92 Å². The number of benzene rings is 1. The molecule has 1 amide bonds. The molecule has 3 nitrogen and oxygen atoms in total. The zero-order chi connectivity index (χ0) is 15.9. The Balaban J connectivity index is 0.00000192. The highest BCUT2D eigenvalue weighted by Gasteiger charge is 2.49. The van der Waals surface area contributed by atoms with Crippen LogP contribution in [0.2, 0.25) is 0 Å². The molecular formula is C19H29ClN2O. The molecule has 23 heavy (non-hydrogen) atoms. The summed E-state index contributed by atoms with van der Waals surface area (Å²) in [5.41, 5.74) is 8.79. The molecule has 0 saturated heterocycles. The van der Waals surface area contributed by atoms with E-state index in [2.05, 4.69) is 50.4 Å². The number of amides is 1. The lowest BCUT2D eigenvalue weighted by Crippen LogP contribution is -2.47. The van der Waals surface area contributed by atoms with Crippen molar-refractivity contribution in [2.75, 3.05) is 6.54 Å². The molecule has 2 aliphatic carbocycles. The zero-order valence-electron chi connectivity index (χ0n) is 14.3. The fourth-order valence-electron chi connectivity index (χ4n) is 4.58. The molecule has 128 valence electrons. The van der Waals surface area contributed by atoms with E-state index >= 15 is 0 Å². The molecule has 0 heterocycles. The first-order valence-electron chi connectivity index (χ1n) is 8.49. The molecule has 4 atom stereocenters. The highest BCUT2D eigenvalue weighted by atomic mass is 35.5. The Hall–Kier alpha value is -1.06. The summed E-state index contributed by atoms with van der Waals surface area (Å²) >= 11 is 0. The van der Waals surface area contributed by atoms with E-state index in [-0.39, 0.29) is 35.7 Å². The van der Waals surface area contributed by atoms with Crippen molar-refractivity contribution >= 4 is 18.3 Å². The zero-order valence-corrected chi connectivity index (χ0v) is 15.2. The van der Waals surface area contributed by atoms with Gasteiger partial charge >= 0.3 is 0 Å². The topological polar surface area (TPSA) is 55.1 Å². The van der Waals surface area contributed by atoms with Gasteiger partial charge in [-0.15, -0.1) is 12.4 Å². The maximum atomic E-state index is 12.6. The van der Waals surface area contributed by atoms with E-state index < -0.39 is 0 Å². The maximum absolute atomic E-state index is 12.6. The van der Waals surface area contributed by atoms with Crippen molar-refractivity contribution in [3.63, 3.8) is 0 Å². The van der Waals surface area contributed by atoms with E-state index in [0.29, 0.717) is 18.4 Å². The molecule has 0 spiro atoms. The Morgan fingerprint density at radius 3 is 2.52 bits per heavy atom. The van der Waals surface area contributed by atoms with E-state index in [1.54, 1.807) is 0 Å². The van der Waals surface area contributed by atoms with Crippen LogP contribution in [0.1, 0.15) is 44.2 Å². The molecule has 2 aliphatic rings. The fraction of sp³-hybridized carbons (Fsp3) is 0.632. The van der Waals surface area contributed by atoms with Crippen LogP contribution in [-0.4, -0.2) is 18.5 Å². The minimum atomic E-state index is -0.0667. The number of fused-ring (bicyclic) bond motifs is 2. The summed E-state index contributed by atoms with van der Waals surface area (Å²) in [6.45, 7) is 7.18. The third-order valence-corrected chi connectivity index (χ3v) is 5.86. The molecule has 0 aliphatic heterocycles. The molecule has 3 N–H and O–H groups in total. The number of carbonyl (C=O) groups is 1. The SMILES string of the molecule is Cc1ccccc1C(C)(C)CNC(=O)C1C2CCC(C2)C1N.Cl. The Bertz CT molecular complexity index is 570. The minimum Gasteiger partial charge on any atom is -0.355 e. The number of nitrogens with two attached hydrogens (primary N) is 1. The predicted octanol–water partition coefficient (Wildman–Crippen LogP) is 3.18. The van der Waals surface area contributed by atoms with E-state index in [0.717, 1.165) is 6.42 Å². The van der Waals surface area contributed by atoms with Gasteiger partial charge in [-0.3, -0.25) is 4.79 Å². The van der Waals surface area contributed by atoms with Gasteiger partial charge in [0.2, 0.25) is 5.91 Å². The summed E-state index contributed by atoms with van der Waals surface area (Å²) in [7, 11) is 0. The number of hydrogen-bond acceptors (Lipinski definition) is 2. The molecule has 2 bridgehead atoms. The predicted molar refractivity (Wildman–Crippen MR) is 96.8 cm³/mol. The summed E-state index contributed by atoms with van der Waals surface area (Å²) in [5, 5.41) is 3.19. The lowest BCUT2D eigenvalue weighted by atomic mass is 9.81. The minimum absolute atomic E-state index is 0. The second-order valence-electron chi connectivity index (χ2n) is 7.85. The van der Waals surface area contributed by atoms with Gasteiger partial charge in [0.25, 0.3) is 0 Å². The average Bonchev–Trinajstić information content (AvgIpc) is 3.06. The number of hydrogen-bond donors (Lipinski definition) is 2. The van der Waals surface area contributed by atoms with Crippen LogP contribution in [0.15, 0.2) is 24.3 Å². The van der Waals surface area contributed by atoms with Crippen molar-refractivity contribution in [3.05, 3.63) is 35.4 Å². The summed E-state index contributed by atoms with van der Waals surface area (Å²) in [5.74, 6) is 1.29. The fourth-order valence-corrected chi connectivity index (χ4v) is 4.58. The number of carbonyl (C=O) groups excluding carboxylic acids is 1. The number of halogens is 1. The van der Waals surface area contributed by atoms with Crippen molar-refractivity contribution in [3.8, 4) is 0 Å². The van der Waals surface area contributed by atoms with Gasteiger partial charge in [0.15, 0.2) is 0 Å². The Morgan fingerprint density at radius 2 is 1.91 bits per heavy atom. The standard InChI is InChI=1S/C19H28N2O.ClH/c1-12-6-4-5-7-15(12)19(2,3)11-21-18(22)16-13-8-9-14(10-13)17(16)20;/h4-7,13-14,16-17H,8-11,20H2,1-3H3,(H,21,22);1H. The van der Waals surface area contributed by atoms with Crippen LogP contribution in [0.5, 0.6) is 0 Å². The van der Waals surface area contributed by atoms with E-state index in [1.807, 2.05) is 0 Å². The first-order valence-corrected chi connectivity index (χ1v) is 8.49. The van der Waals surface area contributed by atoms with Crippen molar-refractivity contribution < 1.29 is 4.79 Å². The van der Waals surface area contributed by atoms with Gasteiger partial charge in [-0.1, -0.05) is 38.1 Å². The number of nitrogens with one attached hydrogen (secondary N) is 1. The Kier molecular flexibility index (Phi) is 5.42. The quantitative estimate of drug-likeness (QED) is 0.887. The van der Waals surface area contributed by atoms with Crippen LogP contribution >= 0.6 is 12.4 Å². The third-order valence-electron chi connectivity index (χ3n) is 5.86. The largest absolute Gasteiger partial charge is 0.355 e. The summed E-state index contributed by atoms with van der Waals surface area (Å²) in [6.07, 6.45) is 3.54. The molecule has 1 aromatic rings. The Labute approximate surface area is 145 Å². The van der Waals surface area contributed by atoms with Gasteiger partial charge < -0.3 is 11.1 Å². The van der Waals surface area contributed by atoms with Crippen LogP contribution in [0.4, 0.5) is 0 Å². The van der Waals surface area contributed by atoms with Gasteiger partial charge in [-0.05, 0) is 49.1 Å². The normalized spacial score (nSPS) is 29.2. The smallest absolute Gasteiger partial charge is 0.224 e. The molecule has 0 aromatic heterocycles. The average molecular weight is 337 g/mol. The van der Waals surface area contributed by atoms with Gasteiger partial charge in [0.1, 0.15) is 0 Å². The van der Waals surface area contributed by atoms with Crippen LogP contribution in [0.3, 0.4) is 0 Å². The number of aryl methyl sites for hydroxylation is 1. The van der Waals surface area contributed by atoms with E-state index in [4.69, 9.17) is 5.73 Å². The van der Waals surface area contributed by atoms with Crippen molar-refractivity contribution in [2.45, 2.75) is 51.5 Å². The van der Waals surface area contributed by atoms with Crippen LogP contribution in [-0.2, 0) is 10.2 Å². The van der Waals surface area contributed by atoms with Crippen LogP contribution < -0.4 is 11.1 Å². The molecular weight excluding hydrogens is 308 g/mol.